The van der Waals surface area contributed by atoms with Crippen LogP contribution < -0.4 is 21.1 Å². The summed E-state index contributed by atoms with van der Waals surface area (Å²) in [5.74, 6) is 0.842. The molecule has 0 unspecified atom stereocenters. The highest BCUT2D eigenvalue weighted by atomic mass is 28.3. The van der Waals surface area contributed by atoms with Gasteiger partial charge in [-0.15, -0.1) is 0 Å². The van der Waals surface area contributed by atoms with Crippen LogP contribution in [0.3, 0.4) is 0 Å². The predicted molar refractivity (Wildman–Crippen MR) is 263 cm³/mol. The van der Waals surface area contributed by atoms with Crippen LogP contribution in [0.1, 0.15) is 0 Å². The van der Waals surface area contributed by atoms with Gasteiger partial charge < -0.3 is 4.57 Å². The minimum Gasteiger partial charge on any atom is -0.309 e. The number of hydrogen-bond acceptors (Lipinski definition) is 3. The molecule has 0 aliphatic rings. The first-order valence-corrected chi connectivity index (χ1v) is 23.4. The fourth-order valence-electron chi connectivity index (χ4n) is 9.70. The zero-order valence-corrected chi connectivity index (χ0v) is 35.3. The van der Waals surface area contributed by atoms with Crippen molar-refractivity contribution >= 4 is 72.8 Å². The fraction of sp³-hybridized carbons (Fsp3) is 0. The van der Waals surface area contributed by atoms with Crippen LogP contribution in [0.4, 0.5) is 0 Å². The standard InChI is InChI=1S/C57H39N5Si/c1-6-21-40(22-7-1)48-39-49(41-23-8-2-9-24-41)59-57(58-48)63(43-27-12-4-13-28-43,44-29-14-5-15-30-44)54-36-20-35-53(60-54)62-50-33-18-16-31-45(50)46-37-38-52-55(56(46)62)47-32-17-19-34-51(47)61(52)42-25-10-3-11-26-42/h1-39H. The van der Waals surface area contributed by atoms with Gasteiger partial charge in [0.2, 0.25) is 8.07 Å². The Morgan fingerprint density at radius 2 is 0.857 bits per heavy atom. The lowest BCUT2D eigenvalue weighted by Crippen LogP contribution is -2.77. The molecule has 0 radical (unpaired) electrons. The normalized spacial score (nSPS) is 11.8. The minimum absolute atomic E-state index is 0.778. The highest BCUT2D eigenvalue weighted by molar-refractivity contribution is 7.18. The van der Waals surface area contributed by atoms with Gasteiger partial charge in [0.25, 0.3) is 0 Å². The van der Waals surface area contributed by atoms with E-state index in [0.717, 1.165) is 77.2 Å². The zero-order valence-electron chi connectivity index (χ0n) is 34.3. The van der Waals surface area contributed by atoms with Gasteiger partial charge in [0.05, 0.1) is 33.5 Å². The number of pyridine rings is 1. The van der Waals surface area contributed by atoms with Crippen molar-refractivity contribution in [3.8, 4) is 34.0 Å². The Morgan fingerprint density at radius 1 is 0.349 bits per heavy atom. The van der Waals surface area contributed by atoms with E-state index in [1.807, 2.05) is 12.1 Å². The van der Waals surface area contributed by atoms with E-state index >= 15 is 0 Å². The number of rotatable bonds is 8. The summed E-state index contributed by atoms with van der Waals surface area (Å²) in [7, 11) is -3.40. The summed E-state index contributed by atoms with van der Waals surface area (Å²) in [6.45, 7) is 0. The molecule has 63 heavy (non-hydrogen) atoms. The largest absolute Gasteiger partial charge is 0.309 e. The maximum atomic E-state index is 5.91. The summed E-state index contributed by atoms with van der Waals surface area (Å²) in [4.78, 5) is 17.2. The molecule has 296 valence electrons. The second-order valence-corrected chi connectivity index (χ2v) is 19.6. The molecule has 0 aliphatic heterocycles. The van der Waals surface area contributed by atoms with Crippen molar-refractivity contribution in [1.29, 1.82) is 0 Å². The Balaban J connectivity index is 1.20. The molecule has 0 spiro atoms. The molecule has 4 heterocycles. The van der Waals surface area contributed by atoms with Crippen LogP contribution >= 0.6 is 0 Å². The summed E-state index contributed by atoms with van der Waals surface area (Å²) in [6.07, 6.45) is 0. The monoisotopic (exact) mass is 821 g/mol. The van der Waals surface area contributed by atoms with Crippen molar-refractivity contribution in [3.63, 3.8) is 0 Å². The lowest BCUT2D eigenvalue weighted by molar-refractivity contribution is 1.10. The molecule has 0 fully saturated rings. The molecule has 0 aliphatic carbocycles. The van der Waals surface area contributed by atoms with E-state index in [0.29, 0.717) is 0 Å². The van der Waals surface area contributed by atoms with E-state index < -0.39 is 8.07 Å². The Kier molecular flexibility index (Phi) is 8.76. The number of benzene rings is 8. The van der Waals surface area contributed by atoms with Gasteiger partial charge in [-0.2, -0.15) is 0 Å². The van der Waals surface area contributed by atoms with Gasteiger partial charge in [0.1, 0.15) is 11.3 Å². The molecule has 12 rings (SSSR count). The highest BCUT2D eigenvalue weighted by Gasteiger charge is 2.47. The number of para-hydroxylation sites is 3. The molecule has 0 atom stereocenters. The first-order valence-electron chi connectivity index (χ1n) is 21.4. The molecule has 0 N–H and O–H groups in total. The number of aromatic nitrogens is 5. The quantitative estimate of drug-likeness (QED) is 0.144. The Labute approximate surface area is 365 Å². The third-order valence-electron chi connectivity index (χ3n) is 12.4. The van der Waals surface area contributed by atoms with Gasteiger partial charge in [-0.3, -0.25) is 4.57 Å². The predicted octanol–water partition coefficient (Wildman–Crippen LogP) is 10.8. The molecule has 0 saturated carbocycles. The van der Waals surface area contributed by atoms with Crippen molar-refractivity contribution in [3.05, 3.63) is 237 Å². The molecule has 6 heteroatoms. The topological polar surface area (TPSA) is 48.5 Å². The number of hydrogen-bond donors (Lipinski definition) is 0. The Hall–Kier alpha value is -8.19. The van der Waals surface area contributed by atoms with Gasteiger partial charge in [0.15, 0.2) is 0 Å². The van der Waals surface area contributed by atoms with E-state index in [1.165, 1.54) is 21.5 Å². The Bertz CT molecular complexity index is 3510. The summed E-state index contributed by atoms with van der Waals surface area (Å²) in [5, 5.41) is 8.00. The van der Waals surface area contributed by atoms with Gasteiger partial charge >= 0.3 is 0 Å². The van der Waals surface area contributed by atoms with Crippen molar-refractivity contribution in [1.82, 2.24) is 24.1 Å². The lowest BCUT2D eigenvalue weighted by atomic mass is 10.1. The van der Waals surface area contributed by atoms with E-state index in [2.05, 4.69) is 234 Å². The SMILES string of the molecule is c1ccc(-c2cc(-c3ccccc3)nc([Si](c3ccccc3)(c3ccccc3)c3cccc(-n4c5ccccc5c5ccc6c(c7ccccc7n6-c6ccccc6)c54)n3)n2)cc1. The van der Waals surface area contributed by atoms with Crippen LogP contribution in [-0.4, -0.2) is 32.2 Å². The molecular formula is C57H39N5Si. The van der Waals surface area contributed by atoms with Gasteiger partial charge in [0, 0.05) is 43.7 Å². The third-order valence-corrected chi connectivity index (χ3v) is 16.8. The smallest absolute Gasteiger partial charge is 0.247 e. The highest BCUT2D eigenvalue weighted by Crippen LogP contribution is 2.41. The van der Waals surface area contributed by atoms with Crippen LogP contribution in [0.15, 0.2) is 237 Å². The van der Waals surface area contributed by atoms with Gasteiger partial charge in [-0.25, -0.2) is 15.0 Å². The number of fused-ring (bicyclic) bond motifs is 7. The maximum absolute atomic E-state index is 5.91. The van der Waals surface area contributed by atoms with Crippen LogP contribution in [0.25, 0.3) is 77.6 Å². The minimum atomic E-state index is -3.40. The number of nitrogens with zero attached hydrogens (tertiary/aromatic N) is 5. The molecule has 4 aromatic heterocycles. The molecule has 0 amide bonds. The van der Waals surface area contributed by atoms with Crippen LogP contribution in [0.2, 0.25) is 0 Å². The average molecular weight is 822 g/mol. The van der Waals surface area contributed by atoms with Crippen molar-refractivity contribution < 1.29 is 0 Å². The van der Waals surface area contributed by atoms with Crippen molar-refractivity contribution in [2.75, 3.05) is 0 Å². The van der Waals surface area contributed by atoms with Gasteiger partial charge in [-0.05, 0) is 58.9 Å². The van der Waals surface area contributed by atoms with Crippen LogP contribution in [0, 0.1) is 0 Å². The molecule has 0 bridgehead atoms. The van der Waals surface area contributed by atoms with Crippen molar-refractivity contribution in [2.24, 2.45) is 0 Å². The molecule has 5 nitrogen and oxygen atoms in total. The van der Waals surface area contributed by atoms with Crippen LogP contribution in [-0.2, 0) is 0 Å². The van der Waals surface area contributed by atoms with E-state index in [9.17, 15) is 0 Å². The van der Waals surface area contributed by atoms with E-state index in [4.69, 9.17) is 15.0 Å². The van der Waals surface area contributed by atoms with E-state index in [1.54, 1.807) is 0 Å². The first-order chi connectivity index (χ1) is 31.3. The summed E-state index contributed by atoms with van der Waals surface area (Å²) < 4.78 is 4.78. The fourth-order valence-corrected chi connectivity index (χ4v) is 14.0. The second kappa shape index (κ2) is 15.1. The lowest BCUT2D eigenvalue weighted by Gasteiger charge is -2.32. The average Bonchev–Trinajstić information content (AvgIpc) is 3.89. The summed E-state index contributed by atoms with van der Waals surface area (Å²) in [5.41, 5.74) is 10.3. The van der Waals surface area contributed by atoms with Crippen LogP contribution in [0.5, 0.6) is 0 Å². The van der Waals surface area contributed by atoms with Crippen molar-refractivity contribution in [2.45, 2.75) is 0 Å². The maximum Gasteiger partial charge on any atom is 0.247 e. The molecular weight excluding hydrogens is 783 g/mol. The molecule has 0 saturated heterocycles. The third kappa shape index (κ3) is 5.87. The summed E-state index contributed by atoms with van der Waals surface area (Å²) in [6, 6.07) is 84.0. The molecule has 8 aromatic carbocycles. The van der Waals surface area contributed by atoms with Gasteiger partial charge in [-0.1, -0.05) is 188 Å². The zero-order chi connectivity index (χ0) is 41.7. The first kappa shape index (κ1) is 36.6. The Morgan fingerprint density at radius 3 is 1.46 bits per heavy atom. The second-order valence-electron chi connectivity index (χ2n) is 16.0. The summed E-state index contributed by atoms with van der Waals surface area (Å²) >= 11 is 0. The molecule has 12 aromatic rings. The van der Waals surface area contributed by atoms with E-state index in [-0.39, 0.29) is 0 Å².